The summed E-state index contributed by atoms with van der Waals surface area (Å²) in [6.45, 7) is 6.02. The first-order valence-electron chi connectivity index (χ1n) is 8.49. The zero-order valence-electron chi connectivity index (χ0n) is 13.7. The first-order chi connectivity index (χ1) is 11.8. The molecule has 3 heterocycles. The Morgan fingerprint density at radius 3 is 2.67 bits per heavy atom. The number of imidazole rings is 1. The summed E-state index contributed by atoms with van der Waals surface area (Å²) in [5.74, 6) is 1.06. The van der Waals surface area contributed by atoms with Gasteiger partial charge in [0.15, 0.2) is 0 Å². The molecule has 24 heavy (non-hydrogen) atoms. The van der Waals surface area contributed by atoms with Gasteiger partial charge in [-0.1, -0.05) is 30.3 Å². The van der Waals surface area contributed by atoms with Gasteiger partial charge in [0.25, 0.3) is 5.91 Å². The standard InChI is InChI=1S/C18H22N4O2/c23-18(21-8-10-24-11-9-21)16-12-19-17-14-20(6-7-22(16)17)13-15-4-2-1-3-5-15/h1-5,12H,6-11,13-14H2. The first kappa shape index (κ1) is 15.4. The van der Waals surface area contributed by atoms with Crippen molar-refractivity contribution in [3.05, 3.63) is 53.6 Å². The Balaban J connectivity index is 1.46. The second kappa shape index (κ2) is 6.75. The molecule has 1 amide bonds. The van der Waals surface area contributed by atoms with Crippen molar-refractivity contribution >= 4 is 5.91 Å². The maximum atomic E-state index is 12.7. The second-order valence-corrected chi connectivity index (χ2v) is 6.31. The van der Waals surface area contributed by atoms with Gasteiger partial charge in [-0.25, -0.2) is 4.98 Å². The highest BCUT2D eigenvalue weighted by atomic mass is 16.5. The van der Waals surface area contributed by atoms with E-state index in [9.17, 15) is 4.79 Å². The lowest BCUT2D eigenvalue weighted by Gasteiger charge is -2.30. The van der Waals surface area contributed by atoms with Crippen LogP contribution in [-0.2, 0) is 24.4 Å². The minimum atomic E-state index is 0.0774. The van der Waals surface area contributed by atoms with Crippen molar-refractivity contribution in [1.29, 1.82) is 0 Å². The highest BCUT2D eigenvalue weighted by Crippen LogP contribution is 2.18. The summed E-state index contributed by atoms with van der Waals surface area (Å²) in [5.41, 5.74) is 2.02. The lowest BCUT2D eigenvalue weighted by molar-refractivity contribution is 0.0294. The van der Waals surface area contributed by atoms with Crippen LogP contribution in [0.25, 0.3) is 0 Å². The number of aromatic nitrogens is 2. The molecule has 2 aromatic rings. The van der Waals surface area contributed by atoms with Gasteiger partial charge in [0.1, 0.15) is 11.5 Å². The van der Waals surface area contributed by atoms with Gasteiger partial charge in [0, 0.05) is 32.7 Å². The average molecular weight is 326 g/mol. The van der Waals surface area contributed by atoms with E-state index in [2.05, 4.69) is 38.7 Å². The highest BCUT2D eigenvalue weighted by Gasteiger charge is 2.26. The summed E-state index contributed by atoms with van der Waals surface area (Å²) >= 11 is 0. The van der Waals surface area contributed by atoms with Crippen LogP contribution in [0.1, 0.15) is 21.9 Å². The van der Waals surface area contributed by atoms with Crippen LogP contribution in [0.15, 0.2) is 36.5 Å². The van der Waals surface area contributed by atoms with E-state index in [0.717, 1.165) is 32.0 Å². The molecule has 2 aliphatic rings. The van der Waals surface area contributed by atoms with Crippen LogP contribution in [0.5, 0.6) is 0 Å². The number of fused-ring (bicyclic) bond motifs is 1. The summed E-state index contributed by atoms with van der Waals surface area (Å²) in [7, 11) is 0. The molecule has 1 saturated heterocycles. The van der Waals surface area contributed by atoms with Gasteiger partial charge in [-0.05, 0) is 5.56 Å². The Hall–Kier alpha value is -2.18. The molecule has 4 rings (SSSR count). The van der Waals surface area contributed by atoms with E-state index in [4.69, 9.17) is 4.74 Å². The predicted molar refractivity (Wildman–Crippen MR) is 89.5 cm³/mol. The number of benzene rings is 1. The SMILES string of the molecule is O=C(c1cnc2n1CCN(Cc1ccccc1)C2)N1CCOCC1. The Kier molecular flexibility index (Phi) is 4.32. The molecule has 0 aliphatic carbocycles. The van der Waals surface area contributed by atoms with Crippen LogP contribution in [-0.4, -0.2) is 58.1 Å². The number of carbonyl (C=O) groups is 1. The lowest BCUT2D eigenvalue weighted by Crippen LogP contribution is -2.42. The minimum absolute atomic E-state index is 0.0774. The molecule has 0 atom stereocenters. The fourth-order valence-electron chi connectivity index (χ4n) is 3.39. The monoisotopic (exact) mass is 326 g/mol. The van der Waals surface area contributed by atoms with Gasteiger partial charge in [0.05, 0.1) is 26.0 Å². The molecule has 6 heteroatoms. The molecule has 0 N–H and O–H groups in total. The molecule has 2 aliphatic heterocycles. The number of nitrogens with zero attached hydrogens (tertiary/aromatic N) is 4. The molecule has 1 aromatic heterocycles. The molecule has 0 radical (unpaired) electrons. The van der Waals surface area contributed by atoms with E-state index < -0.39 is 0 Å². The van der Waals surface area contributed by atoms with Crippen molar-refractivity contribution in [1.82, 2.24) is 19.4 Å². The number of ether oxygens (including phenoxy) is 1. The van der Waals surface area contributed by atoms with Gasteiger partial charge in [-0.15, -0.1) is 0 Å². The number of rotatable bonds is 3. The summed E-state index contributed by atoms with van der Waals surface area (Å²) in [5, 5.41) is 0. The summed E-state index contributed by atoms with van der Waals surface area (Å²) in [6.07, 6.45) is 1.74. The minimum Gasteiger partial charge on any atom is -0.378 e. The van der Waals surface area contributed by atoms with Crippen LogP contribution in [0, 0.1) is 0 Å². The number of carbonyl (C=O) groups excluding carboxylic acids is 1. The van der Waals surface area contributed by atoms with Crippen LogP contribution in [0.2, 0.25) is 0 Å². The predicted octanol–water partition coefficient (Wildman–Crippen LogP) is 1.37. The Labute approximate surface area is 141 Å². The topological polar surface area (TPSA) is 50.6 Å². The van der Waals surface area contributed by atoms with E-state index in [1.54, 1.807) is 6.20 Å². The molecule has 126 valence electrons. The van der Waals surface area contributed by atoms with Crippen molar-refractivity contribution in [2.75, 3.05) is 32.8 Å². The van der Waals surface area contributed by atoms with Crippen molar-refractivity contribution in [2.45, 2.75) is 19.6 Å². The van der Waals surface area contributed by atoms with Gasteiger partial charge in [0.2, 0.25) is 0 Å². The lowest BCUT2D eigenvalue weighted by atomic mass is 10.2. The molecular formula is C18H22N4O2. The quantitative estimate of drug-likeness (QED) is 0.855. The van der Waals surface area contributed by atoms with E-state index in [1.807, 2.05) is 11.0 Å². The number of morpholine rings is 1. The third-order valence-electron chi connectivity index (χ3n) is 4.71. The number of hydrogen-bond donors (Lipinski definition) is 0. The van der Waals surface area contributed by atoms with Gasteiger partial charge in [-0.3, -0.25) is 9.69 Å². The van der Waals surface area contributed by atoms with Gasteiger partial charge < -0.3 is 14.2 Å². The summed E-state index contributed by atoms with van der Waals surface area (Å²) in [4.78, 5) is 21.4. The van der Waals surface area contributed by atoms with Crippen LogP contribution >= 0.6 is 0 Å². The van der Waals surface area contributed by atoms with Crippen LogP contribution < -0.4 is 0 Å². The van der Waals surface area contributed by atoms with Crippen molar-refractivity contribution < 1.29 is 9.53 Å². The van der Waals surface area contributed by atoms with Gasteiger partial charge in [-0.2, -0.15) is 0 Å². The van der Waals surface area contributed by atoms with E-state index in [0.29, 0.717) is 32.0 Å². The van der Waals surface area contributed by atoms with E-state index in [1.165, 1.54) is 5.56 Å². The normalized spacial score (nSPS) is 18.4. The molecule has 0 saturated carbocycles. The van der Waals surface area contributed by atoms with Crippen LogP contribution in [0.3, 0.4) is 0 Å². The van der Waals surface area contributed by atoms with Crippen molar-refractivity contribution in [3.63, 3.8) is 0 Å². The highest BCUT2D eigenvalue weighted by molar-refractivity contribution is 5.92. The summed E-state index contributed by atoms with van der Waals surface area (Å²) < 4.78 is 7.41. The third-order valence-corrected chi connectivity index (χ3v) is 4.71. The fraction of sp³-hybridized carbons (Fsp3) is 0.444. The molecule has 0 bridgehead atoms. The molecule has 1 aromatic carbocycles. The Bertz CT molecular complexity index is 707. The maximum Gasteiger partial charge on any atom is 0.272 e. The zero-order valence-corrected chi connectivity index (χ0v) is 13.7. The number of hydrogen-bond acceptors (Lipinski definition) is 4. The molecule has 1 fully saturated rings. The largest absolute Gasteiger partial charge is 0.378 e. The maximum absolute atomic E-state index is 12.7. The van der Waals surface area contributed by atoms with Gasteiger partial charge >= 0.3 is 0 Å². The molecular weight excluding hydrogens is 304 g/mol. The molecule has 0 spiro atoms. The molecule has 0 unspecified atom stereocenters. The second-order valence-electron chi connectivity index (χ2n) is 6.31. The molecule has 6 nitrogen and oxygen atoms in total. The average Bonchev–Trinajstić information content (AvgIpc) is 3.06. The number of amides is 1. The van der Waals surface area contributed by atoms with Crippen LogP contribution in [0.4, 0.5) is 0 Å². The Morgan fingerprint density at radius 1 is 1.08 bits per heavy atom. The van der Waals surface area contributed by atoms with E-state index in [-0.39, 0.29) is 5.91 Å². The first-order valence-corrected chi connectivity index (χ1v) is 8.49. The van der Waals surface area contributed by atoms with Crippen molar-refractivity contribution in [3.8, 4) is 0 Å². The smallest absolute Gasteiger partial charge is 0.272 e. The third kappa shape index (κ3) is 3.07. The Morgan fingerprint density at radius 2 is 1.88 bits per heavy atom. The summed E-state index contributed by atoms with van der Waals surface area (Å²) in [6, 6.07) is 10.5. The fourth-order valence-corrected chi connectivity index (χ4v) is 3.39. The van der Waals surface area contributed by atoms with Crippen molar-refractivity contribution in [2.24, 2.45) is 0 Å². The van der Waals surface area contributed by atoms with E-state index >= 15 is 0 Å². The zero-order chi connectivity index (χ0) is 16.4.